The normalized spacial score (nSPS) is 11.9. The number of aromatic nitrogens is 2. The minimum Gasteiger partial charge on any atom is -0.231 e. The fourth-order valence-corrected chi connectivity index (χ4v) is 4.03. The summed E-state index contributed by atoms with van der Waals surface area (Å²) in [6, 6.07) is 2.13. The number of aryl methyl sites for hydroxylation is 2. The number of rotatable bonds is 1. The SMILES string of the molecule is Cc1cc(-c2nc(Cl)c(I)c(C(C)(C)C)n2)c(C)s1. The van der Waals surface area contributed by atoms with Gasteiger partial charge in [0.05, 0.1) is 9.26 Å². The van der Waals surface area contributed by atoms with Crippen LogP contribution in [-0.2, 0) is 5.41 Å². The predicted octanol–water partition coefficient (Wildman–Crippen LogP) is 5.38. The Morgan fingerprint density at radius 1 is 1.21 bits per heavy atom. The zero-order chi connectivity index (χ0) is 14.4. The summed E-state index contributed by atoms with van der Waals surface area (Å²) in [5, 5.41) is 0.541. The van der Waals surface area contributed by atoms with Gasteiger partial charge in [0, 0.05) is 20.7 Å². The Bertz CT molecular complexity index is 629. The van der Waals surface area contributed by atoms with Crippen LogP contribution in [0.1, 0.15) is 36.2 Å². The molecule has 0 amide bonds. The number of halogens is 2. The van der Waals surface area contributed by atoms with E-state index in [1.165, 1.54) is 9.75 Å². The molecule has 0 fully saturated rings. The molecule has 0 saturated carbocycles. The lowest BCUT2D eigenvalue weighted by molar-refractivity contribution is 0.563. The third kappa shape index (κ3) is 3.11. The highest BCUT2D eigenvalue weighted by Crippen LogP contribution is 2.34. The lowest BCUT2D eigenvalue weighted by Crippen LogP contribution is -2.17. The summed E-state index contributed by atoms with van der Waals surface area (Å²) >= 11 is 10.3. The van der Waals surface area contributed by atoms with Crippen molar-refractivity contribution in [3.05, 3.63) is 30.2 Å². The van der Waals surface area contributed by atoms with Crippen LogP contribution >= 0.6 is 45.5 Å². The van der Waals surface area contributed by atoms with Crippen LogP contribution in [0.25, 0.3) is 11.4 Å². The molecule has 5 heteroatoms. The Kier molecular flexibility index (Phi) is 4.23. The van der Waals surface area contributed by atoms with Crippen molar-refractivity contribution < 1.29 is 0 Å². The first-order valence-corrected chi connectivity index (χ1v) is 8.28. The predicted molar refractivity (Wildman–Crippen MR) is 91.2 cm³/mol. The van der Waals surface area contributed by atoms with Crippen LogP contribution < -0.4 is 0 Å². The Hall–Kier alpha value is -0.200. The lowest BCUT2D eigenvalue weighted by atomic mass is 9.92. The van der Waals surface area contributed by atoms with E-state index < -0.39 is 0 Å². The average Bonchev–Trinajstić information content (AvgIpc) is 2.60. The molecule has 0 aromatic carbocycles. The van der Waals surface area contributed by atoms with Gasteiger partial charge in [-0.3, -0.25) is 0 Å². The van der Waals surface area contributed by atoms with Crippen molar-refractivity contribution in [2.75, 3.05) is 0 Å². The van der Waals surface area contributed by atoms with Crippen molar-refractivity contribution in [2.24, 2.45) is 0 Å². The highest BCUT2D eigenvalue weighted by atomic mass is 127. The largest absolute Gasteiger partial charge is 0.231 e. The zero-order valence-electron chi connectivity index (χ0n) is 11.6. The van der Waals surface area contributed by atoms with E-state index in [1.807, 2.05) is 0 Å². The first-order chi connectivity index (χ1) is 8.70. The minimum atomic E-state index is -0.0448. The first kappa shape index (κ1) is 15.2. The summed E-state index contributed by atoms with van der Waals surface area (Å²) in [5.74, 6) is 0.734. The Morgan fingerprint density at radius 3 is 2.32 bits per heavy atom. The second kappa shape index (κ2) is 5.30. The summed E-state index contributed by atoms with van der Waals surface area (Å²) in [5.41, 5.74) is 2.05. The van der Waals surface area contributed by atoms with E-state index >= 15 is 0 Å². The second-order valence-corrected chi connectivity index (χ2v) is 8.47. The molecule has 0 radical (unpaired) electrons. The van der Waals surface area contributed by atoms with Gasteiger partial charge in [-0.15, -0.1) is 11.3 Å². The molecule has 0 spiro atoms. The van der Waals surface area contributed by atoms with Gasteiger partial charge in [-0.05, 0) is 42.5 Å². The summed E-state index contributed by atoms with van der Waals surface area (Å²) in [7, 11) is 0. The number of thiophene rings is 1. The molecule has 0 N–H and O–H groups in total. The standard InChI is InChI=1S/C14H16ClIN2S/c1-7-6-9(8(2)19-7)13-17-11(14(3,4)5)10(16)12(15)18-13/h6H,1-5H3. The molecule has 2 rings (SSSR count). The fourth-order valence-electron chi connectivity index (χ4n) is 1.89. The molecule has 102 valence electrons. The second-order valence-electron chi connectivity index (χ2n) is 5.58. The first-order valence-electron chi connectivity index (χ1n) is 6.01. The smallest absolute Gasteiger partial charge is 0.162 e. The van der Waals surface area contributed by atoms with Gasteiger partial charge in [-0.1, -0.05) is 32.4 Å². The van der Waals surface area contributed by atoms with Crippen molar-refractivity contribution in [2.45, 2.75) is 40.0 Å². The van der Waals surface area contributed by atoms with Crippen LogP contribution in [-0.4, -0.2) is 9.97 Å². The highest BCUT2D eigenvalue weighted by molar-refractivity contribution is 14.1. The van der Waals surface area contributed by atoms with Gasteiger partial charge in [0.15, 0.2) is 5.82 Å². The quantitative estimate of drug-likeness (QED) is 0.469. The average molecular weight is 407 g/mol. The lowest BCUT2D eigenvalue weighted by Gasteiger charge is -2.20. The molecular formula is C14H16ClIN2S. The van der Waals surface area contributed by atoms with E-state index in [9.17, 15) is 0 Å². The zero-order valence-corrected chi connectivity index (χ0v) is 15.4. The van der Waals surface area contributed by atoms with Crippen molar-refractivity contribution in [1.29, 1.82) is 0 Å². The van der Waals surface area contributed by atoms with Gasteiger partial charge in [-0.2, -0.15) is 0 Å². The molecule has 2 aromatic heterocycles. The topological polar surface area (TPSA) is 25.8 Å². The van der Waals surface area contributed by atoms with Gasteiger partial charge >= 0.3 is 0 Å². The Morgan fingerprint density at radius 2 is 1.84 bits per heavy atom. The van der Waals surface area contributed by atoms with Crippen LogP contribution in [0.15, 0.2) is 6.07 Å². The minimum absolute atomic E-state index is 0.0448. The number of hydrogen-bond acceptors (Lipinski definition) is 3. The van der Waals surface area contributed by atoms with E-state index in [2.05, 4.69) is 68.3 Å². The summed E-state index contributed by atoms with van der Waals surface area (Å²) in [4.78, 5) is 11.7. The van der Waals surface area contributed by atoms with E-state index in [0.29, 0.717) is 5.15 Å². The molecule has 0 atom stereocenters. The van der Waals surface area contributed by atoms with Crippen molar-refractivity contribution in [3.8, 4) is 11.4 Å². The molecule has 0 aliphatic carbocycles. The van der Waals surface area contributed by atoms with E-state index in [4.69, 9.17) is 16.6 Å². The molecule has 2 heterocycles. The monoisotopic (exact) mass is 406 g/mol. The molecule has 19 heavy (non-hydrogen) atoms. The van der Waals surface area contributed by atoms with Crippen LogP contribution in [0, 0.1) is 17.4 Å². The highest BCUT2D eigenvalue weighted by Gasteiger charge is 2.23. The Labute approximate surface area is 136 Å². The summed E-state index contributed by atoms with van der Waals surface area (Å²) in [6.45, 7) is 10.6. The van der Waals surface area contributed by atoms with Gasteiger partial charge in [-0.25, -0.2) is 9.97 Å². The van der Waals surface area contributed by atoms with E-state index in [-0.39, 0.29) is 5.41 Å². The van der Waals surface area contributed by atoms with Gasteiger partial charge in [0.25, 0.3) is 0 Å². The third-order valence-corrected chi connectivity index (χ3v) is 5.38. The summed E-state index contributed by atoms with van der Waals surface area (Å²) < 4.78 is 0.945. The van der Waals surface area contributed by atoms with E-state index in [0.717, 1.165) is 20.7 Å². The maximum atomic E-state index is 6.28. The van der Waals surface area contributed by atoms with Crippen molar-refractivity contribution in [1.82, 2.24) is 9.97 Å². The third-order valence-electron chi connectivity index (χ3n) is 2.80. The molecule has 2 aromatic rings. The molecule has 0 aliphatic heterocycles. The molecule has 2 nitrogen and oxygen atoms in total. The number of hydrogen-bond donors (Lipinski definition) is 0. The van der Waals surface area contributed by atoms with Crippen LogP contribution in [0.3, 0.4) is 0 Å². The van der Waals surface area contributed by atoms with Crippen molar-refractivity contribution in [3.63, 3.8) is 0 Å². The number of nitrogens with zero attached hydrogens (tertiary/aromatic N) is 2. The molecule has 0 saturated heterocycles. The molecular weight excluding hydrogens is 391 g/mol. The molecule has 0 unspecified atom stereocenters. The van der Waals surface area contributed by atoms with E-state index in [1.54, 1.807) is 11.3 Å². The summed E-state index contributed by atoms with van der Waals surface area (Å²) in [6.07, 6.45) is 0. The van der Waals surface area contributed by atoms with Crippen LogP contribution in [0.2, 0.25) is 5.15 Å². The van der Waals surface area contributed by atoms with Crippen molar-refractivity contribution >= 4 is 45.5 Å². The van der Waals surface area contributed by atoms with Gasteiger partial charge in [0.1, 0.15) is 5.15 Å². The van der Waals surface area contributed by atoms with Crippen LogP contribution in [0.4, 0.5) is 0 Å². The fraction of sp³-hybridized carbons (Fsp3) is 0.429. The maximum Gasteiger partial charge on any atom is 0.162 e. The van der Waals surface area contributed by atoms with Gasteiger partial charge in [0.2, 0.25) is 0 Å². The Balaban J connectivity index is 2.67. The molecule has 0 bridgehead atoms. The van der Waals surface area contributed by atoms with Gasteiger partial charge < -0.3 is 0 Å². The van der Waals surface area contributed by atoms with Crippen LogP contribution in [0.5, 0.6) is 0 Å². The maximum absolute atomic E-state index is 6.28. The molecule has 0 aliphatic rings.